The molecular formula is C13H15BrN4O. The molecule has 2 aromatic rings. The molecule has 2 rings (SSSR count). The number of ether oxygens (including phenoxy) is 1. The minimum atomic E-state index is 0.510. The highest BCUT2D eigenvalue weighted by Gasteiger charge is 2.04. The van der Waals surface area contributed by atoms with E-state index in [0.29, 0.717) is 24.9 Å². The molecule has 0 atom stereocenters. The van der Waals surface area contributed by atoms with Gasteiger partial charge in [0.1, 0.15) is 0 Å². The third-order valence-electron chi connectivity index (χ3n) is 2.61. The third kappa shape index (κ3) is 3.65. The van der Waals surface area contributed by atoms with Gasteiger partial charge in [-0.15, -0.1) is 0 Å². The van der Waals surface area contributed by atoms with E-state index < -0.39 is 0 Å². The SMILES string of the molecule is COc1nc(NCc2ccc(CN)cc2)ncc1Br. The van der Waals surface area contributed by atoms with E-state index in [1.54, 1.807) is 13.3 Å². The maximum Gasteiger partial charge on any atom is 0.232 e. The number of rotatable bonds is 5. The van der Waals surface area contributed by atoms with Gasteiger partial charge in [-0.25, -0.2) is 4.98 Å². The number of anilines is 1. The van der Waals surface area contributed by atoms with Crippen molar-refractivity contribution in [2.24, 2.45) is 5.73 Å². The lowest BCUT2D eigenvalue weighted by Crippen LogP contribution is -2.05. The second-order valence-electron chi connectivity index (χ2n) is 3.92. The van der Waals surface area contributed by atoms with Crippen molar-refractivity contribution in [1.82, 2.24) is 9.97 Å². The number of nitrogens with one attached hydrogen (secondary N) is 1. The lowest BCUT2D eigenvalue weighted by molar-refractivity contribution is 0.394. The van der Waals surface area contributed by atoms with Crippen molar-refractivity contribution in [3.63, 3.8) is 0 Å². The molecule has 100 valence electrons. The Bertz CT molecular complexity index is 545. The quantitative estimate of drug-likeness (QED) is 0.883. The van der Waals surface area contributed by atoms with Gasteiger partial charge < -0.3 is 15.8 Å². The van der Waals surface area contributed by atoms with Crippen LogP contribution in [0.2, 0.25) is 0 Å². The molecule has 5 nitrogen and oxygen atoms in total. The van der Waals surface area contributed by atoms with E-state index >= 15 is 0 Å². The summed E-state index contributed by atoms with van der Waals surface area (Å²) in [6.45, 7) is 1.20. The maximum absolute atomic E-state index is 5.56. The van der Waals surface area contributed by atoms with Crippen molar-refractivity contribution in [3.05, 3.63) is 46.1 Å². The minimum absolute atomic E-state index is 0.510. The summed E-state index contributed by atoms with van der Waals surface area (Å²) in [5, 5.41) is 3.15. The van der Waals surface area contributed by atoms with Gasteiger partial charge in [0.15, 0.2) is 0 Å². The van der Waals surface area contributed by atoms with E-state index in [1.165, 1.54) is 0 Å². The first kappa shape index (κ1) is 13.8. The number of hydrogen-bond donors (Lipinski definition) is 2. The highest BCUT2D eigenvalue weighted by Crippen LogP contribution is 2.21. The van der Waals surface area contributed by atoms with E-state index in [9.17, 15) is 0 Å². The van der Waals surface area contributed by atoms with Crippen molar-refractivity contribution in [2.75, 3.05) is 12.4 Å². The largest absolute Gasteiger partial charge is 0.480 e. The molecule has 0 aliphatic heterocycles. The summed E-state index contributed by atoms with van der Waals surface area (Å²) >= 11 is 3.31. The van der Waals surface area contributed by atoms with Gasteiger partial charge in [0.25, 0.3) is 0 Å². The first-order valence-electron chi connectivity index (χ1n) is 5.81. The number of aromatic nitrogens is 2. The zero-order chi connectivity index (χ0) is 13.7. The van der Waals surface area contributed by atoms with Crippen LogP contribution in [0.5, 0.6) is 5.88 Å². The summed E-state index contributed by atoms with van der Waals surface area (Å²) in [7, 11) is 1.57. The highest BCUT2D eigenvalue weighted by atomic mass is 79.9. The number of hydrogen-bond acceptors (Lipinski definition) is 5. The Kier molecular flexibility index (Phi) is 4.70. The zero-order valence-electron chi connectivity index (χ0n) is 10.6. The van der Waals surface area contributed by atoms with Crippen LogP contribution in [0.15, 0.2) is 34.9 Å². The summed E-state index contributed by atoms with van der Waals surface area (Å²) in [6, 6.07) is 8.09. The number of benzene rings is 1. The van der Waals surface area contributed by atoms with Crippen LogP contribution in [0.3, 0.4) is 0 Å². The Morgan fingerprint density at radius 1 is 1.26 bits per heavy atom. The molecule has 0 amide bonds. The Labute approximate surface area is 120 Å². The number of halogens is 1. The third-order valence-corrected chi connectivity index (χ3v) is 3.16. The lowest BCUT2D eigenvalue weighted by atomic mass is 10.1. The molecule has 1 aromatic heterocycles. The summed E-state index contributed by atoms with van der Waals surface area (Å²) in [6.07, 6.45) is 1.66. The topological polar surface area (TPSA) is 73.1 Å². The van der Waals surface area contributed by atoms with Crippen LogP contribution in [-0.2, 0) is 13.1 Å². The number of nitrogens with zero attached hydrogens (tertiary/aromatic N) is 2. The van der Waals surface area contributed by atoms with E-state index in [4.69, 9.17) is 10.5 Å². The summed E-state index contributed by atoms with van der Waals surface area (Å²) in [5.74, 6) is 1.04. The summed E-state index contributed by atoms with van der Waals surface area (Å²) < 4.78 is 5.85. The van der Waals surface area contributed by atoms with Gasteiger partial charge in [-0.1, -0.05) is 24.3 Å². The van der Waals surface area contributed by atoms with Gasteiger partial charge in [0, 0.05) is 13.1 Å². The molecule has 1 aromatic carbocycles. The van der Waals surface area contributed by atoms with Crippen LogP contribution in [-0.4, -0.2) is 17.1 Å². The molecule has 19 heavy (non-hydrogen) atoms. The lowest BCUT2D eigenvalue weighted by Gasteiger charge is -2.07. The van der Waals surface area contributed by atoms with Crippen LogP contribution in [0, 0.1) is 0 Å². The Hall–Kier alpha value is -1.66. The maximum atomic E-state index is 5.56. The molecular weight excluding hydrogens is 308 g/mol. The fourth-order valence-electron chi connectivity index (χ4n) is 1.55. The molecule has 0 aliphatic carbocycles. The molecule has 1 heterocycles. The smallest absolute Gasteiger partial charge is 0.232 e. The van der Waals surface area contributed by atoms with E-state index in [-0.39, 0.29) is 0 Å². The van der Waals surface area contributed by atoms with Crippen LogP contribution in [0.25, 0.3) is 0 Å². The molecule has 0 fully saturated rings. The van der Waals surface area contributed by atoms with Crippen LogP contribution < -0.4 is 15.8 Å². The summed E-state index contributed by atoms with van der Waals surface area (Å²) in [5.41, 5.74) is 7.81. The van der Waals surface area contributed by atoms with E-state index in [2.05, 4.69) is 31.2 Å². The van der Waals surface area contributed by atoms with Crippen LogP contribution in [0.1, 0.15) is 11.1 Å². The Morgan fingerprint density at radius 3 is 2.58 bits per heavy atom. The minimum Gasteiger partial charge on any atom is -0.480 e. The predicted octanol–water partition coefficient (Wildman–Crippen LogP) is 2.32. The Morgan fingerprint density at radius 2 is 1.95 bits per heavy atom. The van der Waals surface area contributed by atoms with E-state index in [0.717, 1.165) is 15.6 Å². The molecule has 0 bridgehead atoms. The normalized spacial score (nSPS) is 10.3. The van der Waals surface area contributed by atoms with E-state index in [1.807, 2.05) is 24.3 Å². The average molecular weight is 323 g/mol. The van der Waals surface area contributed by atoms with Crippen molar-refractivity contribution in [2.45, 2.75) is 13.1 Å². The molecule has 0 radical (unpaired) electrons. The monoisotopic (exact) mass is 322 g/mol. The first-order valence-corrected chi connectivity index (χ1v) is 6.60. The number of methoxy groups -OCH3 is 1. The predicted molar refractivity (Wildman–Crippen MR) is 77.9 cm³/mol. The molecule has 0 aliphatic rings. The average Bonchev–Trinajstić information content (AvgIpc) is 2.47. The molecule has 0 saturated heterocycles. The van der Waals surface area contributed by atoms with Crippen molar-refractivity contribution < 1.29 is 4.74 Å². The van der Waals surface area contributed by atoms with Crippen LogP contribution in [0.4, 0.5) is 5.95 Å². The van der Waals surface area contributed by atoms with Crippen LogP contribution >= 0.6 is 15.9 Å². The highest BCUT2D eigenvalue weighted by molar-refractivity contribution is 9.10. The fourth-order valence-corrected chi connectivity index (χ4v) is 1.91. The van der Waals surface area contributed by atoms with Gasteiger partial charge in [-0.05, 0) is 27.1 Å². The molecule has 3 N–H and O–H groups in total. The van der Waals surface area contributed by atoms with Gasteiger partial charge in [-0.2, -0.15) is 4.98 Å². The first-order chi connectivity index (χ1) is 9.22. The molecule has 0 spiro atoms. The fraction of sp³-hybridized carbons (Fsp3) is 0.231. The van der Waals surface area contributed by atoms with Crippen molar-refractivity contribution >= 4 is 21.9 Å². The van der Waals surface area contributed by atoms with Crippen molar-refractivity contribution in [3.8, 4) is 5.88 Å². The number of nitrogens with two attached hydrogens (primary N) is 1. The molecule has 0 saturated carbocycles. The zero-order valence-corrected chi connectivity index (χ0v) is 12.1. The van der Waals surface area contributed by atoms with Gasteiger partial charge in [-0.3, -0.25) is 0 Å². The standard InChI is InChI=1S/C13H15BrN4O/c1-19-12-11(14)8-17-13(18-12)16-7-10-4-2-9(6-15)3-5-10/h2-5,8H,6-7,15H2,1H3,(H,16,17,18). The van der Waals surface area contributed by atoms with Gasteiger partial charge in [0.05, 0.1) is 17.8 Å². The summed E-state index contributed by atoms with van der Waals surface area (Å²) in [4.78, 5) is 8.39. The second-order valence-corrected chi connectivity index (χ2v) is 4.78. The second kappa shape index (κ2) is 6.49. The van der Waals surface area contributed by atoms with Gasteiger partial charge >= 0.3 is 0 Å². The van der Waals surface area contributed by atoms with Gasteiger partial charge in [0.2, 0.25) is 11.8 Å². The Balaban J connectivity index is 2.01. The molecule has 6 heteroatoms. The molecule has 0 unspecified atom stereocenters. The van der Waals surface area contributed by atoms with Crippen molar-refractivity contribution in [1.29, 1.82) is 0 Å².